The Morgan fingerprint density at radius 1 is 1.00 bits per heavy atom. The molecule has 0 aliphatic rings. The summed E-state index contributed by atoms with van der Waals surface area (Å²) in [5.74, 6) is 0.162. The molecule has 1 N–H and O–H groups in total. The van der Waals surface area contributed by atoms with Crippen LogP contribution >= 0.6 is 23.2 Å². The minimum atomic E-state index is 0.146. The van der Waals surface area contributed by atoms with E-state index in [0.717, 1.165) is 18.4 Å². The summed E-state index contributed by atoms with van der Waals surface area (Å²) in [6.07, 6.45) is 1.60. The summed E-state index contributed by atoms with van der Waals surface area (Å²) in [5, 5.41) is 10.9. The van der Waals surface area contributed by atoms with E-state index in [9.17, 15) is 5.11 Å². The third-order valence-corrected chi connectivity index (χ3v) is 4.14. The number of hydrogen-bond acceptors (Lipinski definition) is 1. The Kier molecular flexibility index (Phi) is 5.47. The molecule has 0 aliphatic heterocycles. The van der Waals surface area contributed by atoms with Gasteiger partial charge in [-0.25, -0.2) is 0 Å². The maximum atomic E-state index is 9.62. The lowest BCUT2D eigenvalue weighted by Gasteiger charge is -2.16. The number of aliphatic hydroxyl groups excluding tert-OH is 1. The largest absolute Gasteiger partial charge is 0.396 e. The Bertz CT molecular complexity index is 581. The first kappa shape index (κ1) is 15.4. The van der Waals surface area contributed by atoms with Crippen LogP contribution < -0.4 is 0 Å². The number of aryl methyl sites for hydroxylation is 1. The van der Waals surface area contributed by atoms with Gasteiger partial charge in [-0.2, -0.15) is 0 Å². The molecule has 2 aromatic rings. The summed E-state index contributed by atoms with van der Waals surface area (Å²) in [4.78, 5) is 0. The van der Waals surface area contributed by atoms with Crippen LogP contribution in [0.5, 0.6) is 0 Å². The molecule has 1 atom stereocenters. The Balaban J connectivity index is 2.11. The van der Waals surface area contributed by atoms with Crippen molar-refractivity contribution in [3.05, 3.63) is 69.2 Å². The fraction of sp³-hybridized carbons (Fsp3) is 0.294. The first-order chi connectivity index (χ1) is 9.60. The molecule has 0 amide bonds. The van der Waals surface area contributed by atoms with Crippen LogP contribution in [0.2, 0.25) is 10.0 Å². The maximum Gasteiger partial charge on any atom is 0.0465 e. The van der Waals surface area contributed by atoms with E-state index < -0.39 is 0 Å². The van der Waals surface area contributed by atoms with Gasteiger partial charge in [0.2, 0.25) is 0 Å². The lowest BCUT2D eigenvalue weighted by atomic mass is 9.91. The molecule has 2 aromatic carbocycles. The van der Waals surface area contributed by atoms with Gasteiger partial charge >= 0.3 is 0 Å². The molecule has 0 spiro atoms. The van der Waals surface area contributed by atoms with Gasteiger partial charge < -0.3 is 5.11 Å². The van der Waals surface area contributed by atoms with Crippen molar-refractivity contribution in [3.63, 3.8) is 0 Å². The van der Waals surface area contributed by atoms with Crippen molar-refractivity contribution in [2.75, 3.05) is 6.61 Å². The second-order valence-electron chi connectivity index (χ2n) is 5.12. The molecule has 3 heteroatoms. The highest BCUT2D eigenvalue weighted by atomic mass is 35.5. The second kappa shape index (κ2) is 7.12. The van der Waals surface area contributed by atoms with Crippen LogP contribution in [0, 0.1) is 12.8 Å². The van der Waals surface area contributed by atoms with Crippen LogP contribution in [0.1, 0.15) is 16.7 Å². The van der Waals surface area contributed by atoms with Crippen molar-refractivity contribution in [2.45, 2.75) is 19.8 Å². The molecule has 106 valence electrons. The minimum Gasteiger partial charge on any atom is -0.396 e. The standard InChI is InChI=1S/C17H18Cl2O/c1-12-4-2-3-5-14(12)8-13(11-20)9-15-6-7-16(18)10-17(15)19/h2-7,10,13,20H,8-9,11H2,1H3. The summed E-state index contributed by atoms with van der Waals surface area (Å²) in [6.45, 7) is 2.24. The summed E-state index contributed by atoms with van der Waals surface area (Å²) < 4.78 is 0. The fourth-order valence-corrected chi connectivity index (χ4v) is 2.84. The zero-order valence-electron chi connectivity index (χ0n) is 11.4. The zero-order valence-corrected chi connectivity index (χ0v) is 13.0. The highest BCUT2D eigenvalue weighted by Crippen LogP contribution is 2.25. The summed E-state index contributed by atoms with van der Waals surface area (Å²) in [5.41, 5.74) is 3.56. The number of aliphatic hydroxyl groups is 1. The van der Waals surface area contributed by atoms with Gasteiger partial charge in [0.1, 0.15) is 0 Å². The number of halogens is 2. The van der Waals surface area contributed by atoms with Crippen LogP contribution in [0.3, 0.4) is 0 Å². The van der Waals surface area contributed by atoms with E-state index in [-0.39, 0.29) is 12.5 Å². The van der Waals surface area contributed by atoms with E-state index in [2.05, 4.69) is 19.1 Å². The molecule has 1 nitrogen and oxygen atoms in total. The predicted molar refractivity (Wildman–Crippen MR) is 85.6 cm³/mol. The van der Waals surface area contributed by atoms with Crippen molar-refractivity contribution in [1.82, 2.24) is 0 Å². The summed E-state index contributed by atoms with van der Waals surface area (Å²) in [7, 11) is 0. The molecule has 0 heterocycles. The van der Waals surface area contributed by atoms with Crippen LogP contribution in [-0.2, 0) is 12.8 Å². The highest BCUT2D eigenvalue weighted by molar-refractivity contribution is 6.35. The molecule has 1 unspecified atom stereocenters. The fourth-order valence-electron chi connectivity index (χ4n) is 2.35. The normalized spacial score (nSPS) is 12.4. The third-order valence-electron chi connectivity index (χ3n) is 3.55. The average Bonchev–Trinajstić information content (AvgIpc) is 2.43. The quantitative estimate of drug-likeness (QED) is 0.849. The molecule has 0 radical (unpaired) electrons. The monoisotopic (exact) mass is 308 g/mol. The van der Waals surface area contributed by atoms with Crippen molar-refractivity contribution in [2.24, 2.45) is 5.92 Å². The molecule has 0 aromatic heterocycles. The zero-order chi connectivity index (χ0) is 14.5. The van der Waals surface area contributed by atoms with E-state index in [1.807, 2.05) is 24.3 Å². The molecule has 2 rings (SSSR count). The Morgan fingerprint density at radius 3 is 2.35 bits per heavy atom. The number of benzene rings is 2. The highest BCUT2D eigenvalue weighted by Gasteiger charge is 2.13. The van der Waals surface area contributed by atoms with E-state index in [4.69, 9.17) is 23.2 Å². The molecule has 0 saturated heterocycles. The molecular weight excluding hydrogens is 291 g/mol. The van der Waals surface area contributed by atoms with Gasteiger partial charge in [-0.3, -0.25) is 0 Å². The molecule has 0 saturated carbocycles. The van der Waals surface area contributed by atoms with E-state index >= 15 is 0 Å². The average molecular weight is 309 g/mol. The van der Waals surface area contributed by atoms with Crippen LogP contribution in [0.25, 0.3) is 0 Å². The Labute approximate surface area is 130 Å². The van der Waals surface area contributed by atoms with Gasteiger partial charge in [-0.15, -0.1) is 0 Å². The van der Waals surface area contributed by atoms with Gasteiger partial charge in [0.25, 0.3) is 0 Å². The van der Waals surface area contributed by atoms with E-state index in [1.165, 1.54) is 11.1 Å². The van der Waals surface area contributed by atoms with Gasteiger partial charge in [-0.05, 0) is 54.5 Å². The number of hydrogen-bond donors (Lipinski definition) is 1. The summed E-state index contributed by atoms with van der Waals surface area (Å²) in [6, 6.07) is 13.8. The topological polar surface area (TPSA) is 20.2 Å². The van der Waals surface area contributed by atoms with Crippen molar-refractivity contribution in [1.29, 1.82) is 0 Å². The Morgan fingerprint density at radius 2 is 1.70 bits per heavy atom. The second-order valence-corrected chi connectivity index (χ2v) is 5.96. The Hall–Kier alpha value is -1.02. The SMILES string of the molecule is Cc1ccccc1CC(CO)Cc1ccc(Cl)cc1Cl. The molecule has 0 bridgehead atoms. The van der Waals surface area contributed by atoms with Gasteiger partial charge in [0, 0.05) is 16.7 Å². The first-order valence-electron chi connectivity index (χ1n) is 6.69. The molecule has 0 fully saturated rings. The van der Waals surface area contributed by atoms with Gasteiger partial charge in [0.15, 0.2) is 0 Å². The number of rotatable bonds is 5. The van der Waals surface area contributed by atoms with Gasteiger partial charge in [-0.1, -0.05) is 53.5 Å². The first-order valence-corrected chi connectivity index (χ1v) is 7.45. The maximum absolute atomic E-state index is 9.62. The van der Waals surface area contributed by atoms with Crippen LogP contribution in [0.4, 0.5) is 0 Å². The van der Waals surface area contributed by atoms with Crippen molar-refractivity contribution in [3.8, 4) is 0 Å². The van der Waals surface area contributed by atoms with Crippen LogP contribution in [-0.4, -0.2) is 11.7 Å². The summed E-state index contributed by atoms with van der Waals surface area (Å²) >= 11 is 12.1. The van der Waals surface area contributed by atoms with E-state index in [1.54, 1.807) is 6.07 Å². The lowest BCUT2D eigenvalue weighted by Crippen LogP contribution is -2.14. The van der Waals surface area contributed by atoms with Crippen molar-refractivity contribution >= 4 is 23.2 Å². The van der Waals surface area contributed by atoms with Crippen LogP contribution in [0.15, 0.2) is 42.5 Å². The molecule has 20 heavy (non-hydrogen) atoms. The predicted octanol–water partition coefficient (Wildman–Crippen LogP) is 4.70. The minimum absolute atomic E-state index is 0.146. The molecule has 0 aliphatic carbocycles. The lowest BCUT2D eigenvalue weighted by molar-refractivity contribution is 0.225. The van der Waals surface area contributed by atoms with Gasteiger partial charge in [0.05, 0.1) is 0 Å². The smallest absolute Gasteiger partial charge is 0.0465 e. The van der Waals surface area contributed by atoms with Crippen molar-refractivity contribution < 1.29 is 5.11 Å². The van der Waals surface area contributed by atoms with E-state index in [0.29, 0.717) is 10.0 Å². The molecular formula is C17H18Cl2O. The third kappa shape index (κ3) is 3.99.